The topological polar surface area (TPSA) is 76.7 Å². The fourth-order valence-corrected chi connectivity index (χ4v) is 2.40. The van der Waals surface area contributed by atoms with Crippen LogP contribution in [0, 0.1) is 0 Å². The van der Waals surface area contributed by atoms with Crippen molar-refractivity contribution < 1.29 is 0 Å². The molecule has 0 saturated heterocycles. The van der Waals surface area contributed by atoms with Crippen molar-refractivity contribution in [2.24, 2.45) is 5.84 Å². The summed E-state index contributed by atoms with van der Waals surface area (Å²) in [5.74, 6) is 6.71. The SMILES string of the molecule is NNc1cccc(CSc2nncs2)n1. The fourth-order valence-electron chi connectivity index (χ4n) is 1.00. The maximum atomic E-state index is 5.27. The van der Waals surface area contributed by atoms with Gasteiger partial charge in [-0.2, -0.15) is 0 Å². The van der Waals surface area contributed by atoms with Crippen molar-refractivity contribution >= 4 is 28.9 Å². The van der Waals surface area contributed by atoms with E-state index in [4.69, 9.17) is 5.84 Å². The van der Waals surface area contributed by atoms with Crippen molar-refractivity contribution in [1.82, 2.24) is 15.2 Å². The summed E-state index contributed by atoms with van der Waals surface area (Å²) >= 11 is 3.14. The summed E-state index contributed by atoms with van der Waals surface area (Å²) in [5, 5.41) is 7.70. The number of nitrogens with zero attached hydrogens (tertiary/aromatic N) is 3. The highest BCUT2D eigenvalue weighted by molar-refractivity contribution is 8.00. The van der Waals surface area contributed by atoms with Gasteiger partial charge in [-0.15, -0.1) is 10.2 Å². The van der Waals surface area contributed by atoms with Gasteiger partial charge in [0.2, 0.25) is 0 Å². The third kappa shape index (κ3) is 2.88. The Morgan fingerprint density at radius 3 is 3.13 bits per heavy atom. The Bertz CT molecular complexity index is 417. The molecule has 2 rings (SSSR count). The second-order valence-corrected chi connectivity index (χ2v) is 4.71. The average molecular weight is 239 g/mol. The zero-order chi connectivity index (χ0) is 10.5. The van der Waals surface area contributed by atoms with E-state index in [1.807, 2.05) is 18.2 Å². The van der Waals surface area contributed by atoms with Crippen molar-refractivity contribution in [3.05, 3.63) is 29.4 Å². The molecule has 0 unspecified atom stereocenters. The van der Waals surface area contributed by atoms with Crippen LogP contribution in [0.4, 0.5) is 5.82 Å². The number of nitrogens with one attached hydrogen (secondary N) is 1. The molecule has 0 amide bonds. The minimum atomic E-state index is 0.672. The van der Waals surface area contributed by atoms with Crippen LogP contribution in [0.5, 0.6) is 0 Å². The highest BCUT2D eigenvalue weighted by Gasteiger charge is 2.00. The molecule has 7 heteroatoms. The predicted molar refractivity (Wildman–Crippen MR) is 61.5 cm³/mol. The Morgan fingerprint density at radius 1 is 1.47 bits per heavy atom. The normalized spacial score (nSPS) is 10.2. The number of thioether (sulfide) groups is 1. The maximum Gasteiger partial charge on any atom is 0.174 e. The molecule has 0 aliphatic heterocycles. The van der Waals surface area contributed by atoms with Gasteiger partial charge in [0.15, 0.2) is 4.34 Å². The number of nitrogen functional groups attached to an aromatic ring is 1. The first-order valence-electron chi connectivity index (χ1n) is 4.20. The molecule has 15 heavy (non-hydrogen) atoms. The van der Waals surface area contributed by atoms with Crippen LogP contribution >= 0.6 is 23.1 Å². The first-order valence-corrected chi connectivity index (χ1v) is 6.06. The molecule has 78 valence electrons. The summed E-state index contributed by atoms with van der Waals surface area (Å²) in [5.41, 5.74) is 5.19. The van der Waals surface area contributed by atoms with Crippen LogP contribution in [-0.4, -0.2) is 15.2 Å². The lowest BCUT2D eigenvalue weighted by molar-refractivity contribution is 1.01. The first kappa shape index (κ1) is 10.3. The Morgan fingerprint density at radius 2 is 2.40 bits per heavy atom. The largest absolute Gasteiger partial charge is 0.308 e. The second-order valence-electron chi connectivity index (χ2n) is 2.65. The summed E-state index contributed by atoms with van der Waals surface area (Å²) < 4.78 is 0.947. The molecular formula is C8H9N5S2. The van der Waals surface area contributed by atoms with Gasteiger partial charge in [-0.3, -0.25) is 0 Å². The van der Waals surface area contributed by atoms with E-state index in [0.29, 0.717) is 5.82 Å². The third-order valence-corrected chi connectivity index (χ3v) is 3.53. The van der Waals surface area contributed by atoms with E-state index in [2.05, 4.69) is 20.6 Å². The van der Waals surface area contributed by atoms with Gasteiger partial charge in [0.05, 0.1) is 5.69 Å². The Hall–Kier alpha value is -1.18. The molecule has 5 nitrogen and oxygen atoms in total. The smallest absolute Gasteiger partial charge is 0.174 e. The zero-order valence-electron chi connectivity index (χ0n) is 7.75. The fraction of sp³-hybridized carbons (Fsp3) is 0.125. The van der Waals surface area contributed by atoms with E-state index >= 15 is 0 Å². The van der Waals surface area contributed by atoms with E-state index < -0.39 is 0 Å². The molecule has 0 atom stereocenters. The van der Waals surface area contributed by atoms with Gasteiger partial charge in [-0.05, 0) is 12.1 Å². The monoisotopic (exact) mass is 239 g/mol. The van der Waals surface area contributed by atoms with Gasteiger partial charge in [0.1, 0.15) is 11.3 Å². The minimum absolute atomic E-state index is 0.672. The Labute approximate surface area is 95.1 Å². The average Bonchev–Trinajstić information content (AvgIpc) is 2.79. The van der Waals surface area contributed by atoms with E-state index in [-0.39, 0.29) is 0 Å². The van der Waals surface area contributed by atoms with Crippen LogP contribution in [-0.2, 0) is 5.75 Å². The molecule has 0 fully saturated rings. The molecule has 2 aromatic heterocycles. The third-order valence-electron chi connectivity index (χ3n) is 1.64. The van der Waals surface area contributed by atoms with Crippen LogP contribution in [0.25, 0.3) is 0 Å². The molecule has 0 bridgehead atoms. The van der Waals surface area contributed by atoms with Gasteiger partial charge in [-0.1, -0.05) is 29.2 Å². The number of hydrogen-bond donors (Lipinski definition) is 2. The quantitative estimate of drug-likeness (QED) is 0.478. The van der Waals surface area contributed by atoms with Gasteiger partial charge in [-0.25, -0.2) is 10.8 Å². The molecule has 0 aliphatic rings. The number of rotatable bonds is 4. The van der Waals surface area contributed by atoms with Crippen molar-refractivity contribution in [1.29, 1.82) is 0 Å². The molecule has 2 heterocycles. The molecule has 0 spiro atoms. The summed E-state index contributed by atoms with van der Waals surface area (Å²) in [7, 11) is 0. The van der Waals surface area contributed by atoms with E-state index in [9.17, 15) is 0 Å². The van der Waals surface area contributed by atoms with Gasteiger partial charge in [0.25, 0.3) is 0 Å². The molecule has 2 aromatic rings. The van der Waals surface area contributed by atoms with Gasteiger partial charge < -0.3 is 5.43 Å². The summed E-state index contributed by atoms with van der Waals surface area (Å²) in [6.07, 6.45) is 0. The highest BCUT2D eigenvalue weighted by atomic mass is 32.2. The lowest BCUT2D eigenvalue weighted by atomic mass is 10.4. The molecule has 0 radical (unpaired) electrons. The number of aromatic nitrogens is 3. The standard InChI is InChI=1S/C8H9N5S2/c9-12-7-3-1-2-6(11-7)4-14-8-13-10-5-15-8/h1-3,5H,4,9H2,(H,11,12). The lowest BCUT2D eigenvalue weighted by Gasteiger charge is -2.01. The van der Waals surface area contributed by atoms with E-state index in [1.54, 1.807) is 17.3 Å². The summed E-state index contributed by atoms with van der Waals surface area (Å²) in [6, 6.07) is 5.69. The van der Waals surface area contributed by atoms with Crippen LogP contribution in [0.2, 0.25) is 0 Å². The molecule has 3 N–H and O–H groups in total. The number of pyridine rings is 1. The number of hydrazine groups is 1. The zero-order valence-corrected chi connectivity index (χ0v) is 9.38. The van der Waals surface area contributed by atoms with E-state index in [1.165, 1.54) is 11.3 Å². The summed E-state index contributed by atoms with van der Waals surface area (Å²) in [6.45, 7) is 0. The summed E-state index contributed by atoms with van der Waals surface area (Å²) in [4.78, 5) is 4.29. The van der Waals surface area contributed by atoms with Crippen LogP contribution in [0.15, 0.2) is 28.0 Å². The van der Waals surface area contributed by atoms with Gasteiger partial charge >= 0.3 is 0 Å². The Balaban J connectivity index is 1.98. The minimum Gasteiger partial charge on any atom is -0.308 e. The number of nitrogens with two attached hydrogens (primary N) is 1. The highest BCUT2D eigenvalue weighted by Crippen LogP contribution is 2.22. The van der Waals surface area contributed by atoms with Crippen molar-refractivity contribution in [3.8, 4) is 0 Å². The number of hydrogen-bond acceptors (Lipinski definition) is 7. The van der Waals surface area contributed by atoms with Crippen molar-refractivity contribution in [2.75, 3.05) is 5.43 Å². The maximum absolute atomic E-state index is 5.27. The molecular weight excluding hydrogens is 230 g/mol. The van der Waals surface area contributed by atoms with Crippen LogP contribution < -0.4 is 11.3 Å². The Kier molecular flexibility index (Phi) is 3.49. The van der Waals surface area contributed by atoms with Crippen molar-refractivity contribution in [3.63, 3.8) is 0 Å². The van der Waals surface area contributed by atoms with Crippen LogP contribution in [0.3, 0.4) is 0 Å². The first-order chi connectivity index (χ1) is 7.38. The molecule has 0 saturated carbocycles. The predicted octanol–water partition coefficient (Wildman–Crippen LogP) is 1.51. The van der Waals surface area contributed by atoms with Gasteiger partial charge in [0, 0.05) is 5.75 Å². The van der Waals surface area contributed by atoms with Crippen molar-refractivity contribution in [2.45, 2.75) is 10.1 Å². The van der Waals surface area contributed by atoms with Crippen LogP contribution in [0.1, 0.15) is 5.69 Å². The lowest BCUT2D eigenvalue weighted by Crippen LogP contribution is -2.08. The number of anilines is 1. The van der Waals surface area contributed by atoms with E-state index in [0.717, 1.165) is 15.8 Å². The molecule has 0 aromatic carbocycles. The molecule has 0 aliphatic carbocycles. The second kappa shape index (κ2) is 5.06.